The van der Waals surface area contributed by atoms with Gasteiger partial charge in [0.15, 0.2) is 0 Å². The van der Waals surface area contributed by atoms with Gasteiger partial charge in [-0.05, 0) is 24.5 Å². The predicted molar refractivity (Wildman–Crippen MR) is 80.8 cm³/mol. The fraction of sp³-hybridized carbons (Fsp3) is 0.538. The summed E-state index contributed by atoms with van der Waals surface area (Å²) in [6, 6.07) is 5.07. The van der Waals surface area contributed by atoms with Crippen LogP contribution in [0.2, 0.25) is 0 Å². The number of hydrogen-bond acceptors (Lipinski definition) is 6. The third-order valence-electron chi connectivity index (χ3n) is 4.02. The van der Waals surface area contributed by atoms with Crippen LogP contribution in [0.3, 0.4) is 0 Å². The first-order valence-electron chi connectivity index (χ1n) is 6.78. The van der Waals surface area contributed by atoms with Gasteiger partial charge in [0.1, 0.15) is 15.9 Å². The standard InChI is InChI=1S/C13H17N3O3S2/c1-9-6-7-16(8-11(9)19-2)21(17,18)12-5-3-4-10-13(12)15-20-14-10/h3-5,9,11H,6-8H2,1-2H3/t9-,11-/m1/s1. The monoisotopic (exact) mass is 327 g/mol. The highest BCUT2D eigenvalue weighted by Crippen LogP contribution is 2.28. The van der Waals surface area contributed by atoms with E-state index in [9.17, 15) is 8.42 Å². The summed E-state index contributed by atoms with van der Waals surface area (Å²) in [5.41, 5.74) is 1.07. The predicted octanol–water partition coefficient (Wildman–Crippen LogP) is 1.74. The van der Waals surface area contributed by atoms with Gasteiger partial charge in [0.25, 0.3) is 0 Å². The lowest BCUT2D eigenvalue weighted by atomic mass is 9.97. The van der Waals surface area contributed by atoms with Crippen molar-refractivity contribution in [1.29, 1.82) is 0 Å². The molecule has 6 nitrogen and oxygen atoms in total. The SMILES string of the molecule is CO[C@@H]1CN(S(=O)(=O)c2cccc3nsnc23)CC[C@H]1C. The molecule has 0 saturated carbocycles. The Morgan fingerprint density at radius 1 is 1.38 bits per heavy atom. The van der Waals surface area contributed by atoms with Crippen LogP contribution in [0.4, 0.5) is 0 Å². The first kappa shape index (κ1) is 14.8. The number of methoxy groups -OCH3 is 1. The summed E-state index contributed by atoms with van der Waals surface area (Å²) in [6.45, 7) is 2.98. The van der Waals surface area contributed by atoms with Crippen LogP contribution in [0.25, 0.3) is 11.0 Å². The summed E-state index contributed by atoms with van der Waals surface area (Å²) < 4.78 is 40.9. The molecular formula is C13H17N3O3S2. The highest BCUT2D eigenvalue weighted by Gasteiger charge is 2.35. The molecule has 0 N–H and O–H groups in total. The van der Waals surface area contributed by atoms with Gasteiger partial charge in [-0.15, -0.1) is 0 Å². The molecule has 0 aliphatic carbocycles. The van der Waals surface area contributed by atoms with Crippen LogP contribution in [0.1, 0.15) is 13.3 Å². The van der Waals surface area contributed by atoms with Crippen molar-refractivity contribution in [3.8, 4) is 0 Å². The van der Waals surface area contributed by atoms with Crippen molar-refractivity contribution in [2.24, 2.45) is 5.92 Å². The van der Waals surface area contributed by atoms with Crippen LogP contribution in [0, 0.1) is 5.92 Å². The van der Waals surface area contributed by atoms with E-state index in [-0.39, 0.29) is 11.0 Å². The van der Waals surface area contributed by atoms with Crippen LogP contribution in [-0.4, -0.2) is 47.8 Å². The van der Waals surface area contributed by atoms with Crippen LogP contribution in [0.5, 0.6) is 0 Å². The molecule has 1 aliphatic rings. The Bertz CT molecular complexity index is 744. The van der Waals surface area contributed by atoms with Crippen molar-refractivity contribution in [2.45, 2.75) is 24.3 Å². The zero-order valence-corrected chi connectivity index (χ0v) is 13.5. The minimum Gasteiger partial charge on any atom is -0.380 e. The van der Waals surface area contributed by atoms with Crippen molar-refractivity contribution < 1.29 is 13.2 Å². The van der Waals surface area contributed by atoms with Gasteiger partial charge in [-0.2, -0.15) is 13.1 Å². The fourth-order valence-electron chi connectivity index (χ4n) is 2.66. The molecule has 3 rings (SSSR count). The maximum absolute atomic E-state index is 12.9. The minimum atomic E-state index is -3.57. The second-order valence-electron chi connectivity index (χ2n) is 5.29. The van der Waals surface area contributed by atoms with Gasteiger partial charge < -0.3 is 4.74 Å². The molecule has 1 aliphatic heterocycles. The maximum Gasteiger partial charge on any atom is 0.245 e. The Balaban J connectivity index is 1.99. The largest absolute Gasteiger partial charge is 0.380 e. The molecule has 1 fully saturated rings. The molecule has 2 heterocycles. The van der Waals surface area contributed by atoms with Crippen molar-refractivity contribution in [2.75, 3.05) is 20.2 Å². The highest BCUT2D eigenvalue weighted by atomic mass is 32.2. The van der Waals surface area contributed by atoms with Crippen molar-refractivity contribution in [1.82, 2.24) is 13.1 Å². The van der Waals surface area contributed by atoms with E-state index in [1.54, 1.807) is 25.3 Å². The third-order valence-corrected chi connectivity index (χ3v) is 6.46. The lowest BCUT2D eigenvalue weighted by molar-refractivity contribution is 0.0184. The van der Waals surface area contributed by atoms with E-state index in [0.717, 1.165) is 18.1 Å². The van der Waals surface area contributed by atoms with Gasteiger partial charge in [-0.3, -0.25) is 0 Å². The molecule has 0 spiro atoms. The Labute approximate surface area is 128 Å². The third kappa shape index (κ3) is 2.57. The second kappa shape index (κ2) is 5.60. The minimum absolute atomic E-state index is 0.0683. The average Bonchev–Trinajstić information content (AvgIpc) is 2.95. The molecule has 1 saturated heterocycles. The molecule has 1 aromatic heterocycles. The van der Waals surface area contributed by atoms with Gasteiger partial charge in [0, 0.05) is 20.2 Å². The molecule has 8 heteroatoms. The average molecular weight is 327 g/mol. The molecule has 0 radical (unpaired) electrons. The van der Waals surface area contributed by atoms with Crippen molar-refractivity contribution >= 4 is 32.8 Å². The molecule has 0 unspecified atom stereocenters. The number of nitrogens with zero attached hydrogens (tertiary/aromatic N) is 3. The zero-order chi connectivity index (χ0) is 15.0. The molecule has 0 bridgehead atoms. The topological polar surface area (TPSA) is 72.4 Å². The normalized spacial score (nSPS) is 24.5. The highest BCUT2D eigenvalue weighted by molar-refractivity contribution is 7.89. The summed E-state index contributed by atoms with van der Waals surface area (Å²) in [4.78, 5) is 0.234. The Kier molecular flexibility index (Phi) is 3.96. The number of aromatic nitrogens is 2. The van der Waals surface area contributed by atoms with Gasteiger partial charge in [0.05, 0.1) is 17.8 Å². The summed E-state index contributed by atoms with van der Waals surface area (Å²) in [5, 5.41) is 0. The van der Waals surface area contributed by atoms with E-state index in [1.807, 2.05) is 0 Å². The van der Waals surface area contributed by atoms with E-state index in [2.05, 4.69) is 15.7 Å². The molecule has 1 aromatic carbocycles. The quantitative estimate of drug-likeness (QED) is 0.858. The van der Waals surface area contributed by atoms with E-state index >= 15 is 0 Å². The van der Waals surface area contributed by atoms with E-state index in [4.69, 9.17) is 4.74 Å². The first-order chi connectivity index (χ1) is 10.0. The van der Waals surface area contributed by atoms with E-state index in [0.29, 0.717) is 30.0 Å². The van der Waals surface area contributed by atoms with Crippen LogP contribution in [0.15, 0.2) is 23.1 Å². The number of ether oxygens (including phenoxy) is 1. The van der Waals surface area contributed by atoms with Crippen LogP contribution < -0.4 is 0 Å². The molecule has 2 atom stereocenters. The smallest absolute Gasteiger partial charge is 0.245 e. The maximum atomic E-state index is 12.9. The number of piperidine rings is 1. The van der Waals surface area contributed by atoms with Gasteiger partial charge in [-0.25, -0.2) is 8.42 Å². The lowest BCUT2D eigenvalue weighted by Crippen LogP contribution is -2.46. The molecular weight excluding hydrogens is 310 g/mol. The van der Waals surface area contributed by atoms with Gasteiger partial charge in [0.2, 0.25) is 10.0 Å². The molecule has 21 heavy (non-hydrogen) atoms. The van der Waals surface area contributed by atoms with Gasteiger partial charge in [-0.1, -0.05) is 13.0 Å². The zero-order valence-electron chi connectivity index (χ0n) is 11.9. The number of fused-ring (bicyclic) bond motifs is 1. The summed E-state index contributed by atoms with van der Waals surface area (Å²) in [5.74, 6) is 0.359. The number of sulfonamides is 1. The second-order valence-corrected chi connectivity index (χ2v) is 7.73. The molecule has 2 aromatic rings. The van der Waals surface area contributed by atoms with Gasteiger partial charge >= 0.3 is 0 Å². The van der Waals surface area contributed by atoms with E-state index < -0.39 is 10.0 Å². The van der Waals surface area contributed by atoms with Crippen LogP contribution in [-0.2, 0) is 14.8 Å². The molecule has 114 valence electrons. The number of benzene rings is 1. The summed E-state index contributed by atoms with van der Waals surface area (Å²) in [6.07, 6.45) is 0.726. The fourth-order valence-corrected chi connectivity index (χ4v) is 4.88. The summed E-state index contributed by atoms with van der Waals surface area (Å²) >= 11 is 1.03. The lowest BCUT2D eigenvalue weighted by Gasteiger charge is -2.35. The number of hydrogen-bond donors (Lipinski definition) is 0. The number of rotatable bonds is 3. The van der Waals surface area contributed by atoms with Crippen molar-refractivity contribution in [3.05, 3.63) is 18.2 Å². The molecule has 0 amide bonds. The van der Waals surface area contributed by atoms with E-state index in [1.165, 1.54) is 4.31 Å². The summed E-state index contributed by atoms with van der Waals surface area (Å²) in [7, 11) is -1.94. The Morgan fingerprint density at radius 2 is 2.19 bits per heavy atom. The van der Waals surface area contributed by atoms with Crippen molar-refractivity contribution in [3.63, 3.8) is 0 Å². The first-order valence-corrected chi connectivity index (χ1v) is 8.95. The Hall–Kier alpha value is -1.09. The van der Waals surface area contributed by atoms with Crippen LogP contribution >= 0.6 is 11.7 Å². The Morgan fingerprint density at radius 3 is 2.95 bits per heavy atom.